The number of hydrogen-bond acceptors (Lipinski definition) is 5. The molecule has 0 atom stereocenters. The molecular weight excluding hydrogens is 376 g/mol. The van der Waals surface area contributed by atoms with E-state index in [-0.39, 0.29) is 0 Å². The van der Waals surface area contributed by atoms with Crippen molar-refractivity contribution in [3.63, 3.8) is 0 Å². The van der Waals surface area contributed by atoms with E-state index in [0.29, 0.717) is 16.9 Å². The summed E-state index contributed by atoms with van der Waals surface area (Å²) in [6.45, 7) is 3.78. The van der Waals surface area contributed by atoms with Crippen LogP contribution in [-0.2, 0) is 0 Å². The first-order valence-electron chi connectivity index (χ1n) is 9.99. The fourth-order valence-electron chi connectivity index (χ4n) is 3.91. The number of carbonyl (C=O) groups excluding carboxylic acids is 1. The summed E-state index contributed by atoms with van der Waals surface area (Å²) in [6.07, 6.45) is 1.82. The van der Waals surface area contributed by atoms with Crippen LogP contribution in [0.5, 0.6) is 0 Å². The van der Waals surface area contributed by atoms with E-state index in [1.807, 2.05) is 30.5 Å². The number of nitrogens with two attached hydrogens (primary N) is 1. The van der Waals surface area contributed by atoms with Crippen LogP contribution in [0.25, 0.3) is 22.4 Å². The molecule has 0 unspecified atom stereocenters. The van der Waals surface area contributed by atoms with Gasteiger partial charge in [-0.15, -0.1) is 0 Å². The van der Waals surface area contributed by atoms with Gasteiger partial charge in [0, 0.05) is 43.6 Å². The molecule has 0 bridgehead atoms. The molecule has 0 radical (unpaired) electrons. The molecule has 1 fully saturated rings. The number of anilines is 2. The number of fused-ring (bicyclic) bond motifs is 1. The first kappa shape index (κ1) is 18.2. The first-order valence-corrected chi connectivity index (χ1v) is 9.99. The predicted molar refractivity (Wildman–Crippen MR) is 119 cm³/mol. The molecule has 30 heavy (non-hydrogen) atoms. The molecule has 1 aliphatic heterocycles. The molecule has 1 saturated heterocycles. The predicted octanol–water partition coefficient (Wildman–Crippen LogP) is 3.05. The number of benzene rings is 2. The average molecular weight is 398 g/mol. The number of amides is 1. The Morgan fingerprint density at radius 1 is 0.900 bits per heavy atom. The molecule has 150 valence electrons. The van der Waals surface area contributed by atoms with Gasteiger partial charge in [0.1, 0.15) is 17.2 Å². The van der Waals surface area contributed by atoms with Crippen LogP contribution in [0.4, 0.5) is 11.5 Å². The van der Waals surface area contributed by atoms with Gasteiger partial charge in [0.25, 0.3) is 5.91 Å². The van der Waals surface area contributed by atoms with Crippen LogP contribution in [-0.4, -0.2) is 47.0 Å². The lowest BCUT2D eigenvalue weighted by Crippen LogP contribution is -2.46. The SMILES string of the molecule is NC(=O)c1cccc2[nH]c(-c3ccc(N4CCN(c5ccccc5)CC4)nc3)nc12. The number of nitrogens with zero attached hydrogens (tertiary/aromatic N) is 4. The van der Waals surface area contributed by atoms with E-state index in [4.69, 9.17) is 5.73 Å². The van der Waals surface area contributed by atoms with Crippen LogP contribution in [0, 0.1) is 0 Å². The highest BCUT2D eigenvalue weighted by atomic mass is 16.1. The van der Waals surface area contributed by atoms with Crippen LogP contribution >= 0.6 is 0 Å². The Kier molecular flexibility index (Phi) is 4.55. The molecule has 2 aromatic heterocycles. The van der Waals surface area contributed by atoms with E-state index in [0.717, 1.165) is 43.1 Å². The fraction of sp³-hybridized carbons (Fsp3) is 0.174. The molecule has 3 N–H and O–H groups in total. The topological polar surface area (TPSA) is 91.1 Å². The minimum absolute atomic E-state index is 0.413. The quantitative estimate of drug-likeness (QED) is 0.551. The minimum Gasteiger partial charge on any atom is -0.368 e. The number of primary amides is 1. The van der Waals surface area contributed by atoms with Crippen molar-refractivity contribution in [1.29, 1.82) is 0 Å². The van der Waals surface area contributed by atoms with Crippen LogP contribution < -0.4 is 15.5 Å². The van der Waals surface area contributed by atoms with Gasteiger partial charge in [0.05, 0.1) is 11.1 Å². The zero-order chi connectivity index (χ0) is 20.5. The number of piperazine rings is 1. The van der Waals surface area contributed by atoms with Gasteiger partial charge in [0.2, 0.25) is 0 Å². The highest BCUT2D eigenvalue weighted by Gasteiger charge is 2.18. The van der Waals surface area contributed by atoms with Crippen molar-refractivity contribution in [1.82, 2.24) is 15.0 Å². The largest absolute Gasteiger partial charge is 0.368 e. The van der Waals surface area contributed by atoms with Gasteiger partial charge in [-0.05, 0) is 36.4 Å². The fourth-order valence-corrected chi connectivity index (χ4v) is 3.91. The van der Waals surface area contributed by atoms with Gasteiger partial charge in [0.15, 0.2) is 0 Å². The lowest BCUT2D eigenvalue weighted by atomic mass is 10.2. The summed E-state index contributed by atoms with van der Waals surface area (Å²) in [4.78, 5) is 28.8. The highest BCUT2D eigenvalue weighted by molar-refractivity contribution is 6.04. The number of aromatic nitrogens is 3. The van der Waals surface area contributed by atoms with Crippen molar-refractivity contribution >= 4 is 28.4 Å². The van der Waals surface area contributed by atoms with Gasteiger partial charge < -0.3 is 20.5 Å². The summed E-state index contributed by atoms with van der Waals surface area (Å²) in [7, 11) is 0. The molecule has 1 amide bonds. The summed E-state index contributed by atoms with van der Waals surface area (Å²) >= 11 is 0. The molecule has 3 heterocycles. The lowest BCUT2D eigenvalue weighted by molar-refractivity contribution is 0.100. The van der Waals surface area contributed by atoms with Crippen LogP contribution in [0.1, 0.15) is 10.4 Å². The maximum absolute atomic E-state index is 11.6. The summed E-state index contributed by atoms with van der Waals surface area (Å²) in [6, 6.07) is 19.9. The van der Waals surface area contributed by atoms with Crippen molar-refractivity contribution in [2.75, 3.05) is 36.0 Å². The third kappa shape index (κ3) is 3.34. The molecule has 5 rings (SSSR count). The number of rotatable bonds is 4. The number of carbonyl (C=O) groups is 1. The number of para-hydroxylation sites is 2. The normalized spacial score (nSPS) is 14.3. The van der Waals surface area contributed by atoms with Gasteiger partial charge in [-0.3, -0.25) is 4.79 Å². The van der Waals surface area contributed by atoms with E-state index < -0.39 is 5.91 Å². The summed E-state index contributed by atoms with van der Waals surface area (Å²) in [5.74, 6) is 1.15. The Bertz CT molecular complexity index is 1180. The standard InChI is InChI=1S/C23H22N6O/c24-22(30)18-7-4-8-19-21(18)27-23(26-19)16-9-10-20(25-15-16)29-13-11-28(12-14-29)17-5-2-1-3-6-17/h1-10,15H,11-14H2,(H2,24,30)(H,26,27). The third-order valence-corrected chi connectivity index (χ3v) is 5.52. The Labute approximate surface area is 174 Å². The maximum Gasteiger partial charge on any atom is 0.250 e. The average Bonchev–Trinajstić information content (AvgIpc) is 3.24. The third-order valence-electron chi connectivity index (χ3n) is 5.52. The molecule has 7 nitrogen and oxygen atoms in total. The van der Waals surface area contributed by atoms with Gasteiger partial charge >= 0.3 is 0 Å². The second kappa shape index (κ2) is 7.51. The Hall–Kier alpha value is -3.87. The van der Waals surface area contributed by atoms with Crippen molar-refractivity contribution < 1.29 is 4.79 Å². The second-order valence-electron chi connectivity index (χ2n) is 7.37. The summed E-state index contributed by atoms with van der Waals surface area (Å²) in [5.41, 5.74) is 9.37. The molecule has 2 aromatic carbocycles. The summed E-state index contributed by atoms with van der Waals surface area (Å²) < 4.78 is 0. The van der Waals surface area contributed by atoms with Crippen LogP contribution in [0.3, 0.4) is 0 Å². The lowest BCUT2D eigenvalue weighted by Gasteiger charge is -2.36. The van der Waals surface area contributed by atoms with Crippen molar-refractivity contribution in [3.8, 4) is 11.4 Å². The molecule has 0 saturated carbocycles. The molecule has 0 aliphatic carbocycles. The van der Waals surface area contributed by atoms with E-state index in [1.165, 1.54) is 5.69 Å². The zero-order valence-electron chi connectivity index (χ0n) is 16.5. The number of pyridine rings is 1. The molecule has 7 heteroatoms. The Morgan fingerprint density at radius 2 is 1.67 bits per heavy atom. The van der Waals surface area contributed by atoms with E-state index in [2.05, 4.69) is 49.0 Å². The number of nitrogens with one attached hydrogen (secondary N) is 1. The Morgan fingerprint density at radius 3 is 2.37 bits per heavy atom. The van der Waals surface area contributed by atoms with Gasteiger partial charge in [-0.25, -0.2) is 9.97 Å². The van der Waals surface area contributed by atoms with E-state index >= 15 is 0 Å². The maximum atomic E-state index is 11.6. The first-order chi connectivity index (χ1) is 14.7. The monoisotopic (exact) mass is 398 g/mol. The smallest absolute Gasteiger partial charge is 0.250 e. The number of hydrogen-bond donors (Lipinski definition) is 2. The summed E-state index contributed by atoms with van der Waals surface area (Å²) in [5, 5.41) is 0. The molecule has 4 aromatic rings. The number of H-pyrrole nitrogens is 1. The van der Waals surface area contributed by atoms with Crippen molar-refractivity contribution in [3.05, 3.63) is 72.4 Å². The van der Waals surface area contributed by atoms with Gasteiger partial charge in [-0.2, -0.15) is 0 Å². The molecule has 1 aliphatic rings. The van der Waals surface area contributed by atoms with E-state index in [1.54, 1.807) is 12.1 Å². The zero-order valence-corrected chi connectivity index (χ0v) is 16.5. The highest BCUT2D eigenvalue weighted by Crippen LogP contribution is 2.24. The van der Waals surface area contributed by atoms with E-state index in [9.17, 15) is 4.79 Å². The van der Waals surface area contributed by atoms with Crippen LogP contribution in [0.2, 0.25) is 0 Å². The minimum atomic E-state index is -0.484. The number of imidazole rings is 1. The molecule has 0 spiro atoms. The molecular formula is C23H22N6O. The van der Waals surface area contributed by atoms with Crippen LogP contribution in [0.15, 0.2) is 66.9 Å². The number of aromatic amines is 1. The van der Waals surface area contributed by atoms with Crippen molar-refractivity contribution in [2.45, 2.75) is 0 Å². The second-order valence-corrected chi connectivity index (χ2v) is 7.37. The Balaban J connectivity index is 1.32. The van der Waals surface area contributed by atoms with Gasteiger partial charge in [-0.1, -0.05) is 24.3 Å². The van der Waals surface area contributed by atoms with Crippen molar-refractivity contribution in [2.24, 2.45) is 5.73 Å².